The molecule has 0 bridgehead atoms. The van der Waals surface area contributed by atoms with Gasteiger partial charge in [0.25, 0.3) is 5.91 Å². The van der Waals surface area contributed by atoms with Gasteiger partial charge in [-0.05, 0) is 63.3 Å². The second-order valence-electron chi connectivity index (χ2n) is 14.8. The normalized spacial score (nSPS) is 45.6. The van der Waals surface area contributed by atoms with Crippen LogP contribution in [-0.2, 0) is 23.8 Å². The summed E-state index contributed by atoms with van der Waals surface area (Å²) in [4.78, 5) is 34.4. The number of fused-ring (bicyclic) bond motifs is 5. The van der Waals surface area contributed by atoms with Gasteiger partial charge >= 0.3 is 0 Å². The van der Waals surface area contributed by atoms with Crippen LogP contribution in [0.15, 0.2) is 11.8 Å². The third-order valence-corrected chi connectivity index (χ3v) is 12.4. The SMILES string of the molecule is N[C@@H]1CCN(C2C(F)CC3C(=O)C(C(=O)NCCCN4CCOCC4)=CN4C5CC6OC7CCCCC7C6CC5OC2C34)C1. The molecule has 4 saturated heterocycles. The number of Topliss-reactive ketones (excluding diaryl/α,β-unsaturated/α-hetero) is 1. The number of rotatable bonds is 6. The van der Waals surface area contributed by atoms with Gasteiger partial charge in [-0.25, -0.2) is 4.39 Å². The first kappa shape index (κ1) is 29.8. The maximum atomic E-state index is 16.3. The number of morpholine rings is 2. The zero-order valence-corrected chi connectivity index (χ0v) is 25.9. The number of ketones is 1. The molecule has 10 nitrogen and oxygen atoms in total. The van der Waals surface area contributed by atoms with E-state index in [-0.39, 0.29) is 54.0 Å². The van der Waals surface area contributed by atoms with Gasteiger partial charge in [0.2, 0.25) is 0 Å². The Morgan fingerprint density at radius 1 is 0.977 bits per heavy atom. The van der Waals surface area contributed by atoms with E-state index in [0.717, 1.165) is 71.5 Å². The van der Waals surface area contributed by atoms with Crippen LogP contribution in [0.3, 0.4) is 0 Å². The predicted molar refractivity (Wildman–Crippen MR) is 160 cm³/mol. The van der Waals surface area contributed by atoms with Crippen LogP contribution in [-0.4, -0.2) is 134 Å². The highest BCUT2D eigenvalue weighted by molar-refractivity contribution is 6.20. The van der Waals surface area contributed by atoms with Gasteiger partial charge in [-0.3, -0.25) is 19.4 Å². The molecule has 11 unspecified atom stereocenters. The second kappa shape index (κ2) is 12.2. The van der Waals surface area contributed by atoms with Gasteiger partial charge in [0.15, 0.2) is 5.78 Å². The Balaban J connectivity index is 1.05. The first-order valence-corrected chi connectivity index (χ1v) is 17.5. The first-order valence-electron chi connectivity index (χ1n) is 17.5. The standard InChI is InChI=1S/C33H50FN5O5/c34-24-14-22-29-32(30(24)38-9-6-19(35)17-38)44-28-15-21-20-4-1-2-5-26(20)43-27(21)16-25(28)39(29)18-23(31(22)40)33(41)36-7-3-8-37-10-12-42-13-11-37/h18-22,24-30,32H,1-17,35H2,(H,36,41)/t19-,20?,21?,22?,24?,25?,26?,27?,28?,29?,30?,32?/m1/s1. The van der Waals surface area contributed by atoms with Gasteiger partial charge in [-0.2, -0.15) is 0 Å². The van der Waals surface area contributed by atoms with Crippen LogP contribution in [0.1, 0.15) is 57.8 Å². The molecule has 8 rings (SSSR count). The molecule has 12 atom stereocenters. The van der Waals surface area contributed by atoms with Crippen LogP contribution in [0.4, 0.5) is 4.39 Å². The topological polar surface area (TPSA) is 110 Å². The molecule has 0 aromatic carbocycles. The van der Waals surface area contributed by atoms with Crippen molar-refractivity contribution in [2.24, 2.45) is 23.5 Å². The molecule has 3 saturated carbocycles. The largest absolute Gasteiger partial charge is 0.379 e. The number of nitrogens with two attached hydrogens (primary N) is 1. The summed E-state index contributed by atoms with van der Waals surface area (Å²) in [6, 6.07) is -0.663. The number of carbonyl (C=O) groups excluding carboxylic acids is 2. The fraction of sp³-hybridized carbons (Fsp3) is 0.879. The summed E-state index contributed by atoms with van der Waals surface area (Å²) in [5.41, 5.74) is 6.46. The van der Waals surface area contributed by atoms with E-state index in [2.05, 4.69) is 20.0 Å². The van der Waals surface area contributed by atoms with Gasteiger partial charge in [-0.15, -0.1) is 0 Å². The van der Waals surface area contributed by atoms with Crippen molar-refractivity contribution >= 4 is 11.7 Å². The van der Waals surface area contributed by atoms with E-state index in [1.165, 1.54) is 19.3 Å². The molecule has 11 heteroatoms. The molecule has 0 aromatic heterocycles. The lowest BCUT2D eigenvalue weighted by atomic mass is 9.67. The fourth-order valence-corrected chi connectivity index (χ4v) is 10.3. The van der Waals surface area contributed by atoms with Crippen molar-refractivity contribution in [2.75, 3.05) is 52.5 Å². The van der Waals surface area contributed by atoms with Crippen molar-refractivity contribution in [2.45, 2.75) is 113 Å². The van der Waals surface area contributed by atoms with Gasteiger partial charge in [0, 0.05) is 50.9 Å². The molecule has 0 radical (unpaired) electrons. The van der Waals surface area contributed by atoms with Crippen molar-refractivity contribution in [3.05, 3.63) is 11.8 Å². The minimum atomic E-state index is -1.21. The van der Waals surface area contributed by atoms with Crippen LogP contribution in [0.2, 0.25) is 0 Å². The summed E-state index contributed by atoms with van der Waals surface area (Å²) in [6.45, 7) is 6.08. The van der Waals surface area contributed by atoms with E-state index in [9.17, 15) is 9.59 Å². The number of likely N-dealkylation sites (tertiary alicyclic amines) is 1. The maximum absolute atomic E-state index is 16.3. The van der Waals surface area contributed by atoms with Gasteiger partial charge in [0.1, 0.15) is 6.17 Å². The highest BCUT2D eigenvalue weighted by Gasteiger charge is 2.62. The average Bonchev–Trinajstić information content (AvgIpc) is 3.62. The Kier molecular flexibility index (Phi) is 8.24. The average molecular weight is 616 g/mol. The van der Waals surface area contributed by atoms with Crippen LogP contribution >= 0.6 is 0 Å². The van der Waals surface area contributed by atoms with E-state index in [0.29, 0.717) is 31.0 Å². The Bertz CT molecular complexity index is 1140. The van der Waals surface area contributed by atoms with Crippen molar-refractivity contribution in [3.8, 4) is 0 Å². The summed E-state index contributed by atoms with van der Waals surface area (Å²) in [6.07, 6.45) is 8.96. The monoisotopic (exact) mass is 615 g/mol. The smallest absolute Gasteiger partial charge is 0.256 e. The van der Waals surface area contributed by atoms with Gasteiger partial charge in [-0.1, -0.05) is 12.8 Å². The molecule has 8 aliphatic rings. The summed E-state index contributed by atoms with van der Waals surface area (Å²) < 4.78 is 35.4. The van der Waals surface area contributed by atoms with Crippen molar-refractivity contribution in [1.29, 1.82) is 0 Å². The molecule has 3 N–H and O–H groups in total. The summed E-state index contributed by atoms with van der Waals surface area (Å²) >= 11 is 0. The maximum Gasteiger partial charge on any atom is 0.256 e. The number of nitrogens with zero attached hydrogens (tertiary/aromatic N) is 3. The van der Waals surface area contributed by atoms with Gasteiger partial charge < -0.3 is 30.2 Å². The highest BCUT2D eigenvalue weighted by atomic mass is 19.1. The molecule has 1 amide bonds. The summed E-state index contributed by atoms with van der Waals surface area (Å²) in [5, 5.41) is 3.02. The van der Waals surface area contributed by atoms with Crippen molar-refractivity contribution in [3.63, 3.8) is 0 Å². The van der Waals surface area contributed by atoms with Crippen molar-refractivity contribution in [1.82, 2.24) is 20.0 Å². The van der Waals surface area contributed by atoms with Crippen LogP contribution < -0.4 is 11.1 Å². The molecule has 44 heavy (non-hydrogen) atoms. The van der Waals surface area contributed by atoms with E-state index in [1.54, 1.807) is 0 Å². The predicted octanol–water partition coefficient (Wildman–Crippen LogP) is 1.23. The number of hydrogen-bond acceptors (Lipinski definition) is 9. The first-order chi connectivity index (χ1) is 21.5. The summed E-state index contributed by atoms with van der Waals surface area (Å²) in [7, 11) is 0. The number of ether oxygens (including phenoxy) is 3. The Hall–Kier alpha value is -1.63. The Labute approximate surface area is 260 Å². The molecular weight excluding hydrogens is 565 g/mol. The van der Waals surface area contributed by atoms with Crippen molar-refractivity contribution < 1.29 is 28.2 Å². The zero-order chi connectivity index (χ0) is 29.9. The third kappa shape index (κ3) is 5.23. The quantitative estimate of drug-likeness (QED) is 0.337. The van der Waals surface area contributed by atoms with E-state index >= 15 is 4.39 Å². The molecule has 244 valence electrons. The number of hydrogen-bond donors (Lipinski definition) is 2. The molecule has 7 fully saturated rings. The zero-order valence-electron chi connectivity index (χ0n) is 25.9. The van der Waals surface area contributed by atoms with E-state index in [1.807, 2.05) is 6.20 Å². The van der Waals surface area contributed by atoms with Crippen LogP contribution in [0.5, 0.6) is 0 Å². The summed E-state index contributed by atoms with van der Waals surface area (Å²) in [5.74, 6) is -0.141. The number of alkyl halides is 1. The van der Waals surface area contributed by atoms with Gasteiger partial charge in [0.05, 0.1) is 61.3 Å². The van der Waals surface area contributed by atoms with Crippen LogP contribution in [0, 0.1) is 17.8 Å². The number of amides is 1. The molecule has 3 aliphatic carbocycles. The second-order valence-corrected chi connectivity index (χ2v) is 14.8. The minimum Gasteiger partial charge on any atom is -0.379 e. The lowest BCUT2D eigenvalue weighted by molar-refractivity contribution is -0.220. The van der Waals surface area contributed by atoms with Crippen LogP contribution in [0.25, 0.3) is 0 Å². The lowest BCUT2D eigenvalue weighted by Gasteiger charge is -2.61. The lowest BCUT2D eigenvalue weighted by Crippen LogP contribution is -2.73. The molecule has 5 aliphatic heterocycles. The Morgan fingerprint density at radius 2 is 1.82 bits per heavy atom. The number of halogens is 1. The minimum absolute atomic E-state index is 0.00928. The van der Waals surface area contributed by atoms with E-state index < -0.39 is 24.2 Å². The fourth-order valence-electron chi connectivity index (χ4n) is 10.3. The molecule has 0 spiro atoms. The number of nitrogens with one attached hydrogen (secondary N) is 1. The third-order valence-electron chi connectivity index (χ3n) is 12.4. The number of carbonyl (C=O) groups is 2. The molecule has 0 aromatic rings. The Morgan fingerprint density at radius 3 is 2.64 bits per heavy atom. The van der Waals surface area contributed by atoms with E-state index in [4.69, 9.17) is 19.9 Å². The highest BCUT2D eigenvalue weighted by Crippen LogP contribution is 2.53. The molecular formula is C33H50FN5O5. The molecule has 5 heterocycles.